The van der Waals surface area contributed by atoms with Crippen molar-refractivity contribution < 1.29 is 0 Å². The molecule has 0 aliphatic heterocycles. The van der Waals surface area contributed by atoms with Crippen molar-refractivity contribution in [1.82, 2.24) is 9.13 Å². The molecule has 0 saturated carbocycles. The zero-order valence-corrected chi connectivity index (χ0v) is 49.1. The molecule has 88 heavy (non-hydrogen) atoms. The maximum atomic E-state index is 2.57. The number of rotatable bonds is 5. The Labute approximate surface area is 512 Å². The number of hydrogen-bond acceptors (Lipinski definition) is 2. The molecule has 0 radical (unpaired) electrons. The van der Waals surface area contributed by atoms with Crippen LogP contribution in [-0.4, -0.2) is 9.13 Å². The molecule has 20 rings (SSSR count). The second kappa shape index (κ2) is 18.3. The highest BCUT2D eigenvalue weighted by molar-refractivity contribution is 7.27. The van der Waals surface area contributed by atoms with Gasteiger partial charge in [-0.2, -0.15) is 0 Å². The molecule has 0 aliphatic rings. The molecule has 4 aromatic heterocycles. The highest BCUT2D eigenvalue weighted by Gasteiger charge is 2.26. The van der Waals surface area contributed by atoms with Gasteiger partial charge in [0.2, 0.25) is 0 Å². The molecular formula is C84H48N2S2. The third kappa shape index (κ3) is 6.65. The van der Waals surface area contributed by atoms with Gasteiger partial charge in [-0.15, -0.1) is 22.7 Å². The van der Waals surface area contributed by atoms with E-state index >= 15 is 0 Å². The summed E-state index contributed by atoms with van der Waals surface area (Å²) >= 11 is 3.84. The van der Waals surface area contributed by atoms with Crippen molar-refractivity contribution in [3.63, 3.8) is 0 Å². The average molecular weight is 1150 g/mol. The zero-order chi connectivity index (χ0) is 57.3. The van der Waals surface area contributed by atoms with Crippen LogP contribution >= 0.6 is 22.7 Å². The van der Waals surface area contributed by atoms with Crippen molar-refractivity contribution in [2.75, 3.05) is 0 Å². The fourth-order valence-electron chi connectivity index (χ4n) is 15.6. The highest BCUT2D eigenvalue weighted by Crippen LogP contribution is 2.52. The molecule has 0 fully saturated rings. The second-order valence-corrected chi connectivity index (χ2v) is 25.8. The van der Waals surface area contributed by atoms with Crippen LogP contribution in [0.1, 0.15) is 0 Å². The maximum Gasteiger partial charge on any atom is 0.0726 e. The van der Waals surface area contributed by atoms with E-state index in [-0.39, 0.29) is 0 Å². The molecule has 0 amide bonds. The van der Waals surface area contributed by atoms with Crippen molar-refractivity contribution in [2.45, 2.75) is 0 Å². The van der Waals surface area contributed by atoms with Crippen molar-refractivity contribution in [3.8, 4) is 44.8 Å². The van der Waals surface area contributed by atoms with E-state index in [1.54, 1.807) is 0 Å². The van der Waals surface area contributed by atoms with E-state index in [0.717, 1.165) is 0 Å². The molecule has 20 aromatic rings. The molecule has 2 nitrogen and oxygen atoms in total. The number of nitrogens with zero attached hydrogens (tertiary/aromatic N) is 2. The van der Waals surface area contributed by atoms with Gasteiger partial charge >= 0.3 is 0 Å². The molecule has 0 atom stereocenters. The molecule has 4 heteroatoms. The summed E-state index contributed by atoms with van der Waals surface area (Å²) in [6.07, 6.45) is 0. The molecule has 0 bridgehead atoms. The van der Waals surface area contributed by atoms with E-state index in [1.165, 1.54) is 193 Å². The quantitative estimate of drug-likeness (QED) is 0.163. The van der Waals surface area contributed by atoms with E-state index in [4.69, 9.17) is 0 Å². The van der Waals surface area contributed by atoms with Gasteiger partial charge in [0.1, 0.15) is 0 Å². The minimum Gasteiger partial charge on any atom is -0.307 e. The van der Waals surface area contributed by atoms with Crippen LogP contribution in [0.5, 0.6) is 0 Å². The van der Waals surface area contributed by atoms with Crippen LogP contribution in [0, 0.1) is 0 Å². The Morgan fingerprint density at radius 3 is 0.955 bits per heavy atom. The Morgan fingerprint density at radius 2 is 0.534 bits per heavy atom. The second-order valence-electron chi connectivity index (χ2n) is 23.7. The summed E-state index contributed by atoms with van der Waals surface area (Å²) in [5.41, 5.74) is 14.6. The fourth-order valence-corrected chi connectivity index (χ4v) is 18.1. The fraction of sp³-hybridized carbons (Fsp3) is 0. The van der Waals surface area contributed by atoms with Gasteiger partial charge in [-0.25, -0.2) is 0 Å². The van der Waals surface area contributed by atoms with Crippen molar-refractivity contribution in [1.29, 1.82) is 0 Å². The van der Waals surface area contributed by atoms with E-state index in [0.29, 0.717) is 0 Å². The van der Waals surface area contributed by atoms with Crippen LogP contribution in [0.2, 0.25) is 0 Å². The van der Waals surface area contributed by atoms with Crippen LogP contribution in [0.3, 0.4) is 0 Å². The summed E-state index contributed by atoms with van der Waals surface area (Å²) in [6, 6.07) is 109. The number of thiophene rings is 2. The lowest BCUT2D eigenvalue weighted by molar-refractivity contribution is 1.21. The van der Waals surface area contributed by atoms with Crippen LogP contribution in [0.15, 0.2) is 291 Å². The third-order valence-electron chi connectivity index (χ3n) is 19.3. The summed E-state index contributed by atoms with van der Waals surface area (Å²) in [7, 11) is 0. The van der Waals surface area contributed by atoms with Gasteiger partial charge in [-0.1, -0.05) is 243 Å². The molecule has 0 unspecified atom stereocenters. The summed E-state index contributed by atoms with van der Waals surface area (Å²) in [6.45, 7) is 0. The molecule has 4 heterocycles. The van der Waals surface area contributed by atoms with Crippen molar-refractivity contribution >= 4 is 171 Å². The predicted octanol–water partition coefficient (Wildman–Crippen LogP) is 24.5. The Bertz CT molecular complexity index is 6040. The number of hydrogen-bond donors (Lipinski definition) is 0. The first-order valence-corrected chi connectivity index (χ1v) is 31.9. The summed E-state index contributed by atoms with van der Waals surface area (Å²) in [4.78, 5) is 0. The molecular weight excluding hydrogens is 1100 g/mol. The summed E-state index contributed by atoms with van der Waals surface area (Å²) in [5.74, 6) is 0. The molecule has 0 aliphatic carbocycles. The van der Waals surface area contributed by atoms with Gasteiger partial charge in [-0.05, 0) is 136 Å². The lowest BCUT2D eigenvalue weighted by Gasteiger charge is -2.16. The van der Waals surface area contributed by atoms with Crippen molar-refractivity contribution in [2.24, 2.45) is 0 Å². The normalized spacial score (nSPS) is 12.3. The van der Waals surface area contributed by atoms with E-state index in [1.807, 2.05) is 22.7 Å². The largest absolute Gasteiger partial charge is 0.307 e. The smallest absolute Gasteiger partial charge is 0.0726 e. The van der Waals surface area contributed by atoms with Crippen LogP contribution < -0.4 is 0 Å². The van der Waals surface area contributed by atoms with Crippen molar-refractivity contribution in [3.05, 3.63) is 291 Å². The molecule has 406 valence electrons. The third-order valence-corrected chi connectivity index (χ3v) is 21.6. The number of fused-ring (bicyclic) bond motifs is 24. The number of aromatic nitrogens is 2. The first kappa shape index (κ1) is 48.4. The monoisotopic (exact) mass is 1150 g/mol. The van der Waals surface area contributed by atoms with Crippen LogP contribution in [0.4, 0.5) is 0 Å². The Kier molecular flexibility index (Phi) is 10.1. The van der Waals surface area contributed by atoms with E-state index in [9.17, 15) is 0 Å². The lowest BCUT2D eigenvalue weighted by Crippen LogP contribution is -1.95. The molecule has 16 aromatic carbocycles. The van der Waals surface area contributed by atoms with E-state index in [2.05, 4.69) is 300 Å². The van der Waals surface area contributed by atoms with Gasteiger partial charge < -0.3 is 9.13 Å². The first-order chi connectivity index (χ1) is 43.7. The Morgan fingerprint density at radius 1 is 0.216 bits per heavy atom. The minimum atomic E-state index is 1.19. The predicted molar refractivity (Wildman–Crippen MR) is 382 cm³/mol. The van der Waals surface area contributed by atoms with Gasteiger partial charge in [0, 0.05) is 63.3 Å². The average Bonchev–Trinajstić information content (AvgIpc) is 1.61. The Hall–Kier alpha value is -10.9. The topological polar surface area (TPSA) is 9.86 Å². The number of benzene rings is 16. The SMILES string of the molecule is c1ccc2c(-n3c4ccc(-c5ccc(-c6ccc(-c7ccc8c(c7)c7c9ccccc9c9c%10ccccc%10sc9c7n8-c7cccc8ccccc78)c7ccccc67)c6ccccc56)cc4c4c5ccccc5c5c6ccccc6sc5c43)cccc2c1. The van der Waals surface area contributed by atoms with Gasteiger partial charge in [-0.3, -0.25) is 0 Å². The summed E-state index contributed by atoms with van der Waals surface area (Å²) in [5, 5.41) is 25.4. The minimum absolute atomic E-state index is 1.19. The van der Waals surface area contributed by atoms with Gasteiger partial charge in [0.05, 0.1) is 42.8 Å². The summed E-state index contributed by atoms with van der Waals surface area (Å²) < 4.78 is 10.4. The zero-order valence-electron chi connectivity index (χ0n) is 47.4. The molecule has 0 spiro atoms. The van der Waals surface area contributed by atoms with Gasteiger partial charge in [0.25, 0.3) is 0 Å². The maximum absolute atomic E-state index is 2.57. The van der Waals surface area contributed by atoms with E-state index < -0.39 is 0 Å². The van der Waals surface area contributed by atoms with Gasteiger partial charge in [0.15, 0.2) is 0 Å². The van der Waals surface area contributed by atoms with Crippen LogP contribution in [0.25, 0.3) is 193 Å². The van der Waals surface area contributed by atoms with Crippen LogP contribution in [-0.2, 0) is 0 Å². The Balaban J connectivity index is 0.786. The standard InChI is InChI=1S/C84H48N2S2/c1-3-23-55-49(19-1)21-17-35-71(55)85-73-45-39-51(47-69(73)77-63-29-9-11-31-65(63)79-67-33-13-15-37-75(67)87-83(79)81(77)85)53-41-43-61(59-27-7-5-25-57(53)59)62-44-42-54(58-26-6-8-28-60(58)62)52-40-46-74-70(48-52)78-64-30-10-12-32-66(64)80-68-34-14-16-38-76(68)88-84(80)82(78)86(74)72-36-18-22-50-20-2-4-24-56(50)72/h1-48H. The lowest BCUT2D eigenvalue weighted by atomic mass is 9.87. The molecule has 0 saturated heterocycles. The molecule has 0 N–H and O–H groups in total. The first-order valence-electron chi connectivity index (χ1n) is 30.3. The highest BCUT2D eigenvalue weighted by atomic mass is 32.1.